The van der Waals surface area contributed by atoms with Gasteiger partial charge in [0.25, 0.3) is 5.91 Å². The number of carbonyl (C=O) groups is 2. The molecule has 6 heteroatoms. The highest BCUT2D eigenvalue weighted by atomic mass is 16.6. The third-order valence-corrected chi connectivity index (χ3v) is 4.47. The maximum atomic E-state index is 12.6. The first kappa shape index (κ1) is 22.0. The predicted octanol–water partition coefficient (Wildman–Crippen LogP) is 4.33. The molecule has 1 N–H and O–H groups in total. The topological polar surface area (TPSA) is 88.4 Å². The number of hydrogen-bond acceptors (Lipinski definition) is 5. The van der Waals surface area contributed by atoms with Crippen LogP contribution in [0.4, 0.5) is 5.69 Å². The fourth-order valence-corrected chi connectivity index (χ4v) is 2.75. The summed E-state index contributed by atoms with van der Waals surface area (Å²) in [7, 11) is 0. The molecule has 0 saturated carbocycles. The molecule has 2 atom stereocenters. The average molecular weight is 394 g/mol. The Kier molecular flexibility index (Phi) is 7.38. The van der Waals surface area contributed by atoms with Crippen molar-refractivity contribution in [3.05, 3.63) is 59.2 Å². The minimum Gasteiger partial charge on any atom is -0.479 e. The summed E-state index contributed by atoms with van der Waals surface area (Å²) in [6.45, 7) is 9.09. The number of hydrogen-bond donors (Lipinski definition) is 1. The monoisotopic (exact) mass is 394 g/mol. The van der Waals surface area contributed by atoms with E-state index in [1.54, 1.807) is 31.2 Å². The van der Waals surface area contributed by atoms with Crippen molar-refractivity contribution in [1.82, 2.24) is 0 Å². The zero-order valence-corrected chi connectivity index (χ0v) is 17.4. The summed E-state index contributed by atoms with van der Waals surface area (Å²) in [5.41, 5.74) is 3.21. The van der Waals surface area contributed by atoms with Gasteiger partial charge in [-0.3, -0.25) is 4.79 Å². The predicted molar refractivity (Wildman–Crippen MR) is 111 cm³/mol. The zero-order valence-electron chi connectivity index (χ0n) is 17.4. The van der Waals surface area contributed by atoms with Crippen molar-refractivity contribution < 1.29 is 19.1 Å². The lowest BCUT2D eigenvalue weighted by molar-refractivity contribution is -0.159. The minimum absolute atomic E-state index is 0.240. The summed E-state index contributed by atoms with van der Waals surface area (Å²) in [4.78, 5) is 24.9. The Morgan fingerprint density at radius 1 is 1.00 bits per heavy atom. The summed E-state index contributed by atoms with van der Waals surface area (Å²) >= 11 is 0. The molecule has 2 aromatic carbocycles. The highest BCUT2D eigenvalue weighted by Gasteiger charge is 2.24. The molecule has 0 aromatic heterocycles. The second-order valence-corrected chi connectivity index (χ2v) is 7.16. The van der Waals surface area contributed by atoms with Crippen molar-refractivity contribution in [3.8, 4) is 11.8 Å². The Bertz CT molecular complexity index is 913. The van der Waals surface area contributed by atoms with E-state index in [9.17, 15) is 9.59 Å². The van der Waals surface area contributed by atoms with E-state index in [2.05, 4.69) is 19.2 Å². The molecule has 0 heterocycles. The van der Waals surface area contributed by atoms with Gasteiger partial charge in [-0.1, -0.05) is 32.0 Å². The van der Waals surface area contributed by atoms with Crippen LogP contribution in [0, 0.1) is 18.3 Å². The molecule has 0 radical (unpaired) electrons. The number of benzene rings is 2. The molecule has 1 amide bonds. The van der Waals surface area contributed by atoms with Gasteiger partial charge in [0.2, 0.25) is 0 Å². The number of carbonyl (C=O) groups excluding carboxylic acids is 2. The molecule has 152 valence electrons. The Labute approximate surface area is 171 Å². The molecule has 6 nitrogen and oxygen atoms in total. The molecule has 0 unspecified atom stereocenters. The Morgan fingerprint density at radius 2 is 1.66 bits per heavy atom. The van der Waals surface area contributed by atoms with Gasteiger partial charge in [-0.05, 0) is 62.1 Å². The van der Waals surface area contributed by atoms with Gasteiger partial charge in [-0.15, -0.1) is 0 Å². The Morgan fingerprint density at radius 3 is 2.24 bits per heavy atom. The Hall–Kier alpha value is -3.33. The fraction of sp³-hybridized carbons (Fsp3) is 0.348. The van der Waals surface area contributed by atoms with Crippen LogP contribution in [0.15, 0.2) is 42.5 Å². The van der Waals surface area contributed by atoms with Gasteiger partial charge in [0.05, 0.1) is 11.6 Å². The lowest BCUT2D eigenvalue weighted by atomic mass is 9.98. The third kappa shape index (κ3) is 5.82. The third-order valence-electron chi connectivity index (χ3n) is 4.47. The van der Waals surface area contributed by atoms with Gasteiger partial charge >= 0.3 is 5.97 Å². The maximum absolute atomic E-state index is 12.6. The summed E-state index contributed by atoms with van der Waals surface area (Å²) in [6.07, 6.45) is -1.88. The van der Waals surface area contributed by atoms with Gasteiger partial charge < -0.3 is 14.8 Å². The molecule has 0 aliphatic carbocycles. The number of nitrogens with zero attached hydrogens (tertiary/aromatic N) is 1. The maximum Gasteiger partial charge on any atom is 0.347 e. The van der Waals surface area contributed by atoms with Crippen molar-refractivity contribution in [3.63, 3.8) is 0 Å². The highest BCUT2D eigenvalue weighted by Crippen LogP contribution is 2.27. The standard InChI is InChI=1S/C23H26N2O4/c1-14(2)20-8-6-7-15(3)21(20)25-22(26)16(4)29-23(27)17(5)28-19-11-9-18(13-24)10-12-19/h6-12,14,16-17H,1-5H3,(H,25,26)/t16-,17-/m0/s1. The lowest BCUT2D eigenvalue weighted by Gasteiger charge is -2.20. The molecule has 0 spiro atoms. The van der Waals surface area contributed by atoms with Crippen LogP contribution in [0.5, 0.6) is 5.75 Å². The summed E-state index contributed by atoms with van der Waals surface area (Å²) < 4.78 is 10.8. The van der Waals surface area contributed by atoms with Gasteiger partial charge in [0, 0.05) is 5.69 Å². The number of rotatable bonds is 7. The molecule has 0 saturated heterocycles. The van der Waals surface area contributed by atoms with Gasteiger partial charge in [-0.2, -0.15) is 5.26 Å². The van der Waals surface area contributed by atoms with Crippen molar-refractivity contribution in [2.24, 2.45) is 0 Å². The van der Waals surface area contributed by atoms with E-state index >= 15 is 0 Å². The summed E-state index contributed by atoms with van der Waals surface area (Å²) in [5.74, 6) is -0.373. The first-order valence-corrected chi connectivity index (χ1v) is 9.50. The molecule has 2 aromatic rings. The van der Waals surface area contributed by atoms with Crippen LogP contribution in [0.1, 0.15) is 50.3 Å². The van der Waals surface area contributed by atoms with E-state index in [1.807, 2.05) is 31.2 Å². The number of ether oxygens (including phenoxy) is 2. The van der Waals surface area contributed by atoms with Gasteiger partial charge in [0.1, 0.15) is 5.75 Å². The van der Waals surface area contributed by atoms with Crippen molar-refractivity contribution in [2.75, 3.05) is 5.32 Å². The van der Waals surface area contributed by atoms with Crippen LogP contribution < -0.4 is 10.1 Å². The number of anilines is 1. The average Bonchev–Trinajstić information content (AvgIpc) is 2.69. The number of nitriles is 1. The van der Waals surface area contributed by atoms with Crippen molar-refractivity contribution >= 4 is 17.6 Å². The second-order valence-electron chi connectivity index (χ2n) is 7.16. The van der Waals surface area contributed by atoms with Crippen LogP contribution in [0.2, 0.25) is 0 Å². The molecular formula is C23H26N2O4. The van der Waals surface area contributed by atoms with E-state index in [0.717, 1.165) is 16.8 Å². The largest absolute Gasteiger partial charge is 0.479 e. The summed E-state index contributed by atoms with van der Waals surface area (Å²) in [6, 6.07) is 14.2. The van der Waals surface area contributed by atoms with Crippen molar-refractivity contribution in [1.29, 1.82) is 5.26 Å². The fourth-order valence-electron chi connectivity index (χ4n) is 2.75. The molecular weight excluding hydrogens is 368 g/mol. The number of amides is 1. The van der Waals surface area contributed by atoms with Crippen LogP contribution in [-0.2, 0) is 14.3 Å². The van der Waals surface area contributed by atoms with E-state index in [1.165, 1.54) is 6.92 Å². The molecule has 0 aliphatic heterocycles. The molecule has 0 fully saturated rings. The van der Waals surface area contributed by atoms with E-state index in [0.29, 0.717) is 11.3 Å². The van der Waals surface area contributed by atoms with Gasteiger partial charge in [-0.25, -0.2) is 4.79 Å². The second kappa shape index (κ2) is 9.74. The van der Waals surface area contributed by atoms with Crippen LogP contribution in [0.3, 0.4) is 0 Å². The normalized spacial score (nSPS) is 12.6. The van der Waals surface area contributed by atoms with Crippen molar-refractivity contribution in [2.45, 2.75) is 52.7 Å². The number of nitrogens with one attached hydrogen (secondary N) is 1. The first-order valence-electron chi connectivity index (χ1n) is 9.50. The molecule has 0 aliphatic rings. The Balaban J connectivity index is 1.98. The number of para-hydroxylation sites is 1. The van der Waals surface area contributed by atoms with Crippen LogP contribution >= 0.6 is 0 Å². The quantitative estimate of drug-likeness (QED) is 0.706. The first-order chi connectivity index (χ1) is 13.7. The molecule has 2 rings (SSSR count). The zero-order chi connectivity index (χ0) is 21.6. The van der Waals surface area contributed by atoms with E-state index < -0.39 is 24.1 Å². The van der Waals surface area contributed by atoms with Gasteiger partial charge in [0.15, 0.2) is 12.2 Å². The lowest BCUT2D eigenvalue weighted by Crippen LogP contribution is -2.35. The van der Waals surface area contributed by atoms with Crippen LogP contribution in [0.25, 0.3) is 0 Å². The number of aryl methyl sites for hydroxylation is 1. The SMILES string of the molecule is Cc1cccc(C(C)C)c1NC(=O)[C@H](C)OC(=O)[C@H](C)Oc1ccc(C#N)cc1. The number of esters is 1. The van der Waals surface area contributed by atoms with E-state index in [-0.39, 0.29) is 5.92 Å². The smallest absolute Gasteiger partial charge is 0.347 e. The summed E-state index contributed by atoms with van der Waals surface area (Å²) in [5, 5.41) is 11.7. The molecule has 0 bridgehead atoms. The van der Waals surface area contributed by atoms with Crippen LogP contribution in [-0.4, -0.2) is 24.1 Å². The highest BCUT2D eigenvalue weighted by molar-refractivity contribution is 5.96. The minimum atomic E-state index is -0.978. The van der Waals surface area contributed by atoms with E-state index in [4.69, 9.17) is 14.7 Å². The molecule has 29 heavy (non-hydrogen) atoms.